The number of carbonyl (C=O) groups excluding carboxylic acids is 2. The average Bonchev–Trinajstić information content (AvgIpc) is 3.78. The van der Waals surface area contributed by atoms with E-state index in [9.17, 15) is 19.7 Å². The minimum atomic E-state index is -0.932. The highest BCUT2D eigenvalue weighted by Gasteiger charge is 2.49. The second kappa shape index (κ2) is 14.4. The number of amides is 1. The second-order valence-electron chi connectivity index (χ2n) is 11.3. The maximum atomic E-state index is 13.5. The maximum absolute atomic E-state index is 13.5. The third-order valence-corrected chi connectivity index (χ3v) is 8.10. The second-order valence-corrected chi connectivity index (χ2v) is 11.3. The first-order valence-corrected chi connectivity index (χ1v) is 15.4. The standard InChI is InChI=1S/C31H39N7O7/c1-3-4-12-27-32-31(17-7-8-18-31)29(39)36(27)21-23-13-15-24(16-14-23)25-10-5-6-11-26(25)28-33-35-37(34-28)22(2)45-30(40)43-19-9-20-44-38(41)42/h5-6,10-11,13-16,22,35H,3-4,7-9,12,17-21H2,1-2H3,(H,33,34). The summed E-state index contributed by atoms with van der Waals surface area (Å²) in [6.45, 7) is 4.01. The van der Waals surface area contributed by atoms with Gasteiger partial charge in [0, 0.05) is 18.4 Å². The topological polar surface area (TPSA) is 160 Å². The number of ether oxygens (including phenoxy) is 2. The molecule has 2 aromatic carbocycles. The van der Waals surface area contributed by atoms with E-state index in [0.717, 1.165) is 73.0 Å². The van der Waals surface area contributed by atoms with Crippen molar-refractivity contribution < 1.29 is 29.0 Å². The summed E-state index contributed by atoms with van der Waals surface area (Å²) in [7, 11) is 0. The molecule has 0 bridgehead atoms. The van der Waals surface area contributed by atoms with E-state index in [2.05, 4.69) is 40.0 Å². The Balaban J connectivity index is 1.19. The molecule has 5 rings (SSSR count). The Morgan fingerprint density at radius 3 is 2.53 bits per heavy atom. The van der Waals surface area contributed by atoms with Crippen LogP contribution in [0.1, 0.15) is 76.3 Å². The number of aliphatic imine (C=N–C) groups is 1. The van der Waals surface area contributed by atoms with Gasteiger partial charge in [0.2, 0.25) is 0 Å². The summed E-state index contributed by atoms with van der Waals surface area (Å²) >= 11 is 0. The summed E-state index contributed by atoms with van der Waals surface area (Å²) in [6, 6.07) is 16.0. The van der Waals surface area contributed by atoms with E-state index in [1.54, 1.807) is 6.92 Å². The maximum Gasteiger partial charge on any atom is 0.509 e. The van der Waals surface area contributed by atoms with Crippen LogP contribution in [0.2, 0.25) is 0 Å². The van der Waals surface area contributed by atoms with Gasteiger partial charge in [0.15, 0.2) is 12.1 Å². The fraction of sp³-hybridized carbons (Fsp3) is 0.484. The highest BCUT2D eigenvalue weighted by molar-refractivity contribution is 6.08. The molecule has 14 nitrogen and oxygen atoms in total. The first kappa shape index (κ1) is 31.7. The van der Waals surface area contributed by atoms with Crippen LogP contribution >= 0.6 is 0 Å². The number of carbonyl (C=O) groups is 2. The van der Waals surface area contributed by atoms with E-state index < -0.39 is 23.0 Å². The van der Waals surface area contributed by atoms with Crippen molar-refractivity contribution in [3.63, 3.8) is 0 Å². The van der Waals surface area contributed by atoms with E-state index in [4.69, 9.17) is 14.5 Å². The third-order valence-electron chi connectivity index (χ3n) is 8.10. The van der Waals surface area contributed by atoms with Gasteiger partial charge < -0.3 is 14.3 Å². The van der Waals surface area contributed by atoms with Gasteiger partial charge in [-0.2, -0.15) is 0 Å². The van der Waals surface area contributed by atoms with Gasteiger partial charge in [-0.15, -0.1) is 15.2 Å². The van der Waals surface area contributed by atoms with E-state index in [1.807, 2.05) is 41.3 Å². The molecule has 2 heterocycles. The molecule has 240 valence electrons. The van der Waals surface area contributed by atoms with Crippen molar-refractivity contribution in [3.05, 3.63) is 69.8 Å². The summed E-state index contributed by atoms with van der Waals surface area (Å²) in [4.78, 5) is 46.8. The number of amidine groups is 2. The van der Waals surface area contributed by atoms with Crippen LogP contribution in [-0.4, -0.2) is 63.8 Å². The van der Waals surface area contributed by atoms with E-state index >= 15 is 0 Å². The number of hydrazone groups is 1. The molecule has 2 aliphatic heterocycles. The van der Waals surface area contributed by atoms with Crippen LogP contribution in [0, 0.1) is 10.1 Å². The van der Waals surface area contributed by atoms with Crippen LogP contribution in [0.5, 0.6) is 0 Å². The highest BCUT2D eigenvalue weighted by atomic mass is 16.9. The number of benzene rings is 2. The zero-order valence-corrected chi connectivity index (χ0v) is 25.6. The number of hydrazine groups is 2. The summed E-state index contributed by atoms with van der Waals surface area (Å²) in [6.07, 6.45) is 5.10. The smallest absolute Gasteiger partial charge is 0.434 e. The first-order valence-electron chi connectivity index (χ1n) is 15.4. The minimum absolute atomic E-state index is 0.0864. The van der Waals surface area contributed by atoms with Crippen LogP contribution in [0.15, 0.2) is 58.6 Å². The molecule has 1 aliphatic carbocycles. The molecule has 1 amide bonds. The Labute approximate surface area is 261 Å². The lowest BCUT2D eigenvalue weighted by Crippen LogP contribution is -2.49. The molecule has 2 N–H and O–H groups in total. The summed E-state index contributed by atoms with van der Waals surface area (Å²) in [5.74, 6) is 1.60. The zero-order chi connectivity index (χ0) is 31.8. The van der Waals surface area contributed by atoms with Gasteiger partial charge in [0.25, 0.3) is 11.0 Å². The zero-order valence-electron chi connectivity index (χ0n) is 25.6. The average molecular weight is 622 g/mol. The molecule has 1 fully saturated rings. The van der Waals surface area contributed by atoms with E-state index in [1.165, 1.54) is 5.12 Å². The molecule has 3 aliphatic rings. The molecule has 1 spiro atoms. The first-order chi connectivity index (χ1) is 21.8. The predicted octanol–water partition coefficient (Wildman–Crippen LogP) is 4.68. The molecular formula is C31H39N7O7. The SMILES string of the molecule is CCCCC1=NC2(CCCC2)C(=O)N1Cc1ccc(-c2ccccc2C2=NNN(C(C)OC(=O)OCCCO[N+](=O)[O-])N2)cc1. The molecule has 1 saturated carbocycles. The van der Waals surface area contributed by atoms with E-state index in [-0.39, 0.29) is 25.5 Å². The quantitative estimate of drug-likeness (QED) is 0.131. The third kappa shape index (κ3) is 7.51. The number of unbranched alkanes of at least 4 members (excludes halogenated alkanes) is 1. The largest absolute Gasteiger partial charge is 0.509 e. The fourth-order valence-corrected chi connectivity index (χ4v) is 5.75. The van der Waals surface area contributed by atoms with Crippen LogP contribution in [0.3, 0.4) is 0 Å². The van der Waals surface area contributed by atoms with Crippen molar-refractivity contribution in [1.29, 1.82) is 0 Å². The van der Waals surface area contributed by atoms with Gasteiger partial charge in [-0.25, -0.2) is 10.3 Å². The summed E-state index contributed by atoms with van der Waals surface area (Å²) in [5.41, 5.74) is 9.15. The lowest BCUT2D eigenvalue weighted by molar-refractivity contribution is -0.757. The molecule has 45 heavy (non-hydrogen) atoms. The van der Waals surface area contributed by atoms with Gasteiger partial charge in [0.05, 0.1) is 19.8 Å². The van der Waals surface area contributed by atoms with Gasteiger partial charge in [-0.1, -0.05) is 79.8 Å². The molecule has 1 atom stereocenters. The van der Waals surface area contributed by atoms with Crippen molar-refractivity contribution in [3.8, 4) is 11.1 Å². The monoisotopic (exact) mass is 621 g/mol. The van der Waals surface area contributed by atoms with Gasteiger partial charge >= 0.3 is 6.16 Å². The Kier molecular flexibility index (Phi) is 10.1. The van der Waals surface area contributed by atoms with Crippen LogP contribution in [-0.2, 0) is 25.7 Å². The van der Waals surface area contributed by atoms with Crippen molar-refractivity contribution in [1.82, 2.24) is 21.0 Å². The van der Waals surface area contributed by atoms with Crippen molar-refractivity contribution in [2.45, 2.75) is 83.5 Å². The van der Waals surface area contributed by atoms with Crippen molar-refractivity contribution in [2.75, 3.05) is 13.2 Å². The normalized spacial score (nSPS) is 17.8. The summed E-state index contributed by atoms with van der Waals surface area (Å²) in [5, 5.41) is 15.1. The Bertz CT molecular complexity index is 1440. The van der Waals surface area contributed by atoms with Crippen LogP contribution in [0.4, 0.5) is 4.79 Å². The Morgan fingerprint density at radius 2 is 1.82 bits per heavy atom. The number of nitrogens with zero attached hydrogens (tertiary/aromatic N) is 5. The lowest BCUT2D eigenvalue weighted by atomic mass is 9.97. The Morgan fingerprint density at radius 1 is 1.09 bits per heavy atom. The molecule has 1 unspecified atom stereocenters. The molecule has 0 aromatic heterocycles. The fourth-order valence-electron chi connectivity index (χ4n) is 5.75. The molecule has 2 aromatic rings. The predicted molar refractivity (Wildman–Crippen MR) is 165 cm³/mol. The highest BCUT2D eigenvalue weighted by Crippen LogP contribution is 2.40. The number of nitrogens with one attached hydrogen (secondary N) is 2. The van der Waals surface area contributed by atoms with Crippen molar-refractivity contribution in [2.24, 2.45) is 10.1 Å². The van der Waals surface area contributed by atoms with Gasteiger partial charge in [0.1, 0.15) is 11.4 Å². The van der Waals surface area contributed by atoms with Crippen LogP contribution < -0.4 is 11.0 Å². The minimum Gasteiger partial charge on any atom is -0.434 e. The number of hydrogen-bond donors (Lipinski definition) is 2. The molecule has 14 heteroatoms. The van der Waals surface area contributed by atoms with Crippen LogP contribution in [0.25, 0.3) is 11.1 Å². The molecule has 0 radical (unpaired) electrons. The number of rotatable bonds is 14. The molecular weight excluding hydrogens is 582 g/mol. The van der Waals surface area contributed by atoms with Crippen molar-refractivity contribution >= 4 is 23.7 Å². The lowest BCUT2D eigenvalue weighted by Gasteiger charge is -2.23. The molecule has 0 saturated heterocycles. The van der Waals surface area contributed by atoms with Gasteiger partial charge in [-0.3, -0.25) is 20.1 Å². The Hall–Kier alpha value is -4.72. The van der Waals surface area contributed by atoms with E-state index in [0.29, 0.717) is 12.4 Å². The van der Waals surface area contributed by atoms with Gasteiger partial charge in [-0.05, 0) is 42.9 Å². The summed E-state index contributed by atoms with van der Waals surface area (Å²) < 4.78 is 10.2. The number of hydrogen-bond acceptors (Lipinski definition) is 12.